The molecule has 1 aliphatic rings. The minimum Gasteiger partial charge on any atom is -0.481 e. The lowest BCUT2D eigenvalue weighted by atomic mass is 9.86. The number of carboxylic acid groups (broad SMARTS) is 1. The van der Waals surface area contributed by atoms with Crippen LogP contribution in [0.2, 0.25) is 0 Å². The summed E-state index contributed by atoms with van der Waals surface area (Å²) in [7, 11) is 0. The van der Waals surface area contributed by atoms with Crippen LogP contribution in [0.4, 0.5) is 4.39 Å². The summed E-state index contributed by atoms with van der Waals surface area (Å²) in [5.41, 5.74) is 1.10. The van der Waals surface area contributed by atoms with Crippen LogP contribution in [0.5, 0.6) is 0 Å². The van der Waals surface area contributed by atoms with Crippen molar-refractivity contribution in [3.05, 3.63) is 41.2 Å². The van der Waals surface area contributed by atoms with Crippen LogP contribution in [-0.2, 0) is 4.79 Å². The molecule has 1 heterocycles. The van der Waals surface area contributed by atoms with Gasteiger partial charge in [0.1, 0.15) is 16.5 Å². The number of nitrogens with one attached hydrogen (secondary N) is 1. The molecular weight excluding hydrogens is 331 g/mol. The number of amides is 1. The van der Waals surface area contributed by atoms with E-state index in [0.717, 1.165) is 5.56 Å². The lowest BCUT2D eigenvalue weighted by Crippen LogP contribution is -2.38. The molecule has 0 atom stereocenters. The van der Waals surface area contributed by atoms with Crippen LogP contribution in [-0.4, -0.2) is 28.0 Å². The summed E-state index contributed by atoms with van der Waals surface area (Å²) in [5.74, 6) is -1.63. The molecule has 2 aromatic rings. The lowest BCUT2D eigenvalue weighted by molar-refractivity contribution is -0.142. The molecule has 1 fully saturated rings. The fraction of sp³-hybridized carbons (Fsp3) is 0.353. The third-order valence-corrected chi connectivity index (χ3v) is 5.13. The quantitative estimate of drug-likeness (QED) is 0.888. The van der Waals surface area contributed by atoms with E-state index < -0.39 is 5.97 Å². The van der Waals surface area contributed by atoms with Gasteiger partial charge in [0.25, 0.3) is 5.91 Å². The molecule has 126 valence electrons. The van der Waals surface area contributed by atoms with Crippen molar-refractivity contribution in [2.24, 2.45) is 5.92 Å². The zero-order valence-electron chi connectivity index (χ0n) is 12.9. The Hall–Kier alpha value is -2.28. The number of thiazole rings is 1. The SMILES string of the molecule is O=C(NC1CCC(C(=O)O)CC1)c1csc(-c2ccc(F)cc2)n1. The van der Waals surface area contributed by atoms with Crippen LogP contribution >= 0.6 is 11.3 Å². The number of carboxylic acids is 1. The maximum Gasteiger partial charge on any atom is 0.306 e. The summed E-state index contributed by atoms with van der Waals surface area (Å²) < 4.78 is 13.0. The Morgan fingerprint density at radius 3 is 2.46 bits per heavy atom. The van der Waals surface area contributed by atoms with Gasteiger partial charge in [-0.2, -0.15) is 0 Å². The number of nitrogens with zero attached hydrogens (tertiary/aromatic N) is 1. The molecule has 1 aromatic heterocycles. The van der Waals surface area contributed by atoms with E-state index in [2.05, 4.69) is 10.3 Å². The Morgan fingerprint density at radius 1 is 1.17 bits per heavy atom. The van der Waals surface area contributed by atoms with Crippen LogP contribution in [0, 0.1) is 11.7 Å². The maximum absolute atomic E-state index is 13.0. The van der Waals surface area contributed by atoms with E-state index in [1.165, 1.54) is 23.5 Å². The summed E-state index contributed by atoms with van der Waals surface area (Å²) in [6.45, 7) is 0. The first-order valence-corrected chi connectivity index (χ1v) is 8.66. The monoisotopic (exact) mass is 348 g/mol. The van der Waals surface area contributed by atoms with E-state index in [1.807, 2.05) is 0 Å². The Balaban J connectivity index is 1.60. The average Bonchev–Trinajstić information content (AvgIpc) is 3.06. The fourth-order valence-corrected chi connectivity index (χ4v) is 3.65. The lowest BCUT2D eigenvalue weighted by Gasteiger charge is -2.26. The van der Waals surface area contributed by atoms with Gasteiger partial charge in [-0.25, -0.2) is 9.37 Å². The second kappa shape index (κ2) is 7.09. The molecule has 0 spiro atoms. The van der Waals surface area contributed by atoms with Crippen LogP contribution in [0.3, 0.4) is 0 Å². The second-order valence-electron chi connectivity index (χ2n) is 5.91. The maximum atomic E-state index is 13.0. The van der Waals surface area contributed by atoms with Gasteiger partial charge in [0.15, 0.2) is 0 Å². The van der Waals surface area contributed by atoms with Crippen molar-refractivity contribution < 1.29 is 19.1 Å². The first kappa shape index (κ1) is 16.6. The molecule has 1 aliphatic carbocycles. The van der Waals surface area contributed by atoms with Gasteiger partial charge in [-0.05, 0) is 49.9 Å². The number of rotatable bonds is 4. The molecule has 1 aromatic carbocycles. The van der Waals surface area contributed by atoms with E-state index in [4.69, 9.17) is 5.11 Å². The molecule has 3 rings (SSSR count). The number of aliphatic carboxylic acids is 1. The first-order chi connectivity index (χ1) is 11.5. The summed E-state index contributed by atoms with van der Waals surface area (Å²) >= 11 is 1.33. The Bertz CT molecular complexity index is 737. The number of benzene rings is 1. The molecule has 0 aliphatic heterocycles. The van der Waals surface area contributed by atoms with E-state index in [1.54, 1.807) is 17.5 Å². The summed E-state index contributed by atoms with van der Waals surface area (Å²) in [4.78, 5) is 27.5. The Kier molecular flexibility index (Phi) is 4.89. The predicted octanol–water partition coefficient (Wildman–Crippen LogP) is 3.32. The van der Waals surface area contributed by atoms with Crippen molar-refractivity contribution in [1.29, 1.82) is 0 Å². The molecule has 2 N–H and O–H groups in total. The summed E-state index contributed by atoms with van der Waals surface area (Å²) in [6, 6.07) is 5.96. The molecule has 0 unspecified atom stereocenters. The van der Waals surface area contributed by atoms with Crippen LogP contribution < -0.4 is 5.32 Å². The molecule has 0 saturated heterocycles. The van der Waals surface area contributed by atoms with Crippen molar-refractivity contribution in [2.75, 3.05) is 0 Å². The number of aromatic nitrogens is 1. The van der Waals surface area contributed by atoms with Gasteiger partial charge in [-0.1, -0.05) is 0 Å². The van der Waals surface area contributed by atoms with Gasteiger partial charge in [0, 0.05) is 17.0 Å². The molecule has 7 heteroatoms. The van der Waals surface area contributed by atoms with E-state index in [-0.39, 0.29) is 23.7 Å². The van der Waals surface area contributed by atoms with Gasteiger partial charge >= 0.3 is 5.97 Å². The third-order valence-electron chi connectivity index (χ3n) is 4.24. The van der Waals surface area contributed by atoms with Crippen molar-refractivity contribution in [1.82, 2.24) is 10.3 Å². The molecule has 24 heavy (non-hydrogen) atoms. The molecule has 0 radical (unpaired) electrons. The largest absolute Gasteiger partial charge is 0.481 e. The highest BCUT2D eigenvalue weighted by Crippen LogP contribution is 2.26. The highest BCUT2D eigenvalue weighted by atomic mass is 32.1. The number of hydrogen-bond donors (Lipinski definition) is 2. The molecule has 1 amide bonds. The van der Waals surface area contributed by atoms with Crippen molar-refractivity contribution >= 4 is 23.2 Å². The van der Waals surface area contributed by atoms with Gasteiger partial charge < -0.3 is 10.4 Å². The second-order valence-corrected chi connectivity index (χ2v) is 6.76. The van der Waals surface area contributed by atoms with Crippen molar-refractivity contribution in [2.45, 2.75) is 31.7 Å². The van der Waals surface area contributed by atoms with Crippen LogP contribution in [0.15, 0.2) is 29.6 Å². The Morgan fingerprint density at radius 2 is 1.83 bits per heavy atom. The zero-order chi connectivity index (χ0) is 17.1. The zero-order valence-corrected chi connectivity index (χ0v) is 13.7. The predicted molar refractivity (Wildman–Crippen MR) is 88.4 cm³/mol. The highest BCUT2D eigenvalue weighted by Gasteiger charge is 2.27. The van der Waals surface area contributed by atoms with Crippen LogP contribution in [0.1, 0.15) is 36.2 Å². The van der Waals surface area contributed by atoms with Crippen molar-refractivity contribution in [3.8, 4) is 10.6 Å². The number of carbonyl (C=O) groups excluding carboxylic acids is 1. The topological polar surface area (TPSA) is 79.3 Å². The minimum atomic E-state index is -0.761. The number of halogens is 1. The van der Waals surface area contributed by atoms with Crippen LogP contribution in [0.25, 0.3) is 10.6 Å². The van der Waals surface area contributed by atoms with E-state index in [0.29, 0.717) is 36.4 Å². The Labute approximate surface area is 142 Å². The van der Waals surface area contributed by atoms with Gasteiger partial charge in [0.05, 0.1) is 5.92 Å². The van der Waals surface area contributed by atoms with E-state index >= 15 is 0 Å². The van der Waals surface area contributed by atoms with Gasteiger partial charge in [0.2, 0.25) is 0 Å². The molecular formula is C17H17FN2O3S. The number of carbonyl (C=O) groups is 2. The molecule has 0 bridgehead atoms. The number of hydrogen-bond acceptors (Lipinski definition) is 4. The highest BCUT2D eigenvalue weighted by molar-refractivity contribution is 7.13. The van der Waals surface area contributed by atoms with Crippen molar-refractivity contribution in [3.63, 3.8) is 0 Å². The standard InChI is InChI=1S/C17H17FN2O3S/c18-12-5-1-10(2-6-12)16-20-14(9-24-16)15(21)19-13-7-3-11(4-8-13)17(22)23/h1-2,5-6,9,11,13H,3-4,7-8H2,(H,19,21)(H,22,23). The normalized spacial score (nSPS) is 20.5. The third kappa shape index (κ3) is 3.79. The molecule has 1 saturated carbocycles. The minimum absolute atomic E-state index is 0.0101. The van der Waals surface area contributed by atoms with Gasteiger partial charge in [-0.15, -0.1) is 11.3 Å². The molecule has 5 nitrogen and oxygen atoms in total. The van der Waals surface area contributed by atoms with E-state index in [9.17, 15) is 14.0 Å². The average molecular weight is 348 g/mol. The summed E-state index contributed by atoms with van der Waals surface area (Å²) in [6.07, 6.45) is 2.49. The first-order valence-electron chi connectivity index (χ1n) is 7.78. The van der Waals surface area contributed by atoms with Gasteiger partial charge in [-0.3, -0.25) is 9.59 Å². The smallest absolute Gasteiger partial charge is 0.306 e. The summed E-state index contributed by atoms with van der Waals surface area (Å²) in [5, 5.41) is 14.3. The fourth-order valence-electron chi connectivity index (χ4n) is 2.85.